The van der Waals surface area contributed by atoms with Gasteiger partial charge in [-0.15, -0.1) is 10.2 Å². The molecule has 3 rings (SSSR count). The van der Waals surface area contributed by atoms with Gasteiger partial charge < -0.3 is 11.2 Å². The first-order chi connectivity index (χ1) is 13.7. The molecular weight excluding hydrogens is 386 g/mol. The Kier molecular flexibility index (Phi) is 5.97. The van der Waals surface area contributed by atoms with Gasteiger partial charge in [0.25, 0.3) is 0 Å². The first-order valence-electron chi connectivity index (χ1n) is 9.44. The third-order valence-corrected chi connectivity index (χ3v) is 5.38. The van der Waals surface area contributed by atoms with Crippen LogP contribution < -0.4 is 11.2 Å². The van der Waals surface area contributed by atoms with Gasteiger partial charge in [0.1, 0.15) is 5.82 Å². The van der Waals surface area contributed by atoms with E-state index in [0.717, 1.165) is 5.56 Å². The number of nitrogen functional groups attached to an aromatic ring is 1. The minimum atomic E-state index is -0.156. The highest BCUT2D eigenvalue weighted by Crippen LogP contribution is 2.26. The lowest BCUT2D eigenvalue weighted by molar-refractivity contribution is -0.113. The number of carbonyl (C=O) groups excluding carboxylic acids is 1. The molecule has 0 radical (unpaired) electrons. The van der Waals surface area contributed by atoms with E-state index in [4.69, 9.17) is 5.84 Å². The lowest BCUT2D eigenvalue weighted by Crippen LogP contribution is -2.19. The van der Waals surface area contributed by atoms with E-state index < -0.39 is 0 Å². The van der Waals surface area contributed by atoms with Gasteiger partial charge in [-0.25, -0.2) is 9.36 Å². The molecule has 8 nitrogen and oxygen atoms in total. The van der Waals surface area contributed by atoms with Gasteiger partial charge in [0.2, 0.25) is 11.1 Å². The minimum Gasteiger partial charge on any atom is -0.335 e. The number of rotatable bonds is 6. The Morgan fingerprint density at radius 3 is 2.48 bits per heavy atom. The van der Waals surface area contributed by atoms with Crippen LogP contribution in [0.2, 0.25) is 0 Å². The van der Waals surface area contributed by atoms with Crippen LogP contribution in [0.25, 0.3) is 11.4 Å². The number of aromatic nitrogens is 5. The Morgan fingerprint density at radius 1 is 1.17 bits per heavy atom. The van der Waals surface area contributed by atoms with Gasteiger partial charge in [-0.3, -0.25) is 4.79 Å². The van der Waals surface area contributed by atoms with Crippen molar-refractivity contribution in [2.45, 2.75) is 51.2 Å². The van der Waals surface area contributed by atoms with Crippen LogP contribution in [0.15, 0.2) is 41.7 Å². The highest BCUT2D eigenvalue weighted by Gasteiger charge is 2.17. The van der Waals surface area contributed by atoms with E-state index in [1.54, 1.807) is 16.9 Å². The van der Waals surface area contributed by atoms with Gasteiger partial charge in [0.15, 0.2) is 5.82 Å². The van der Waals surface area contributed by atoms with Crippen molar-refractivity contribution in [1.82, 2.24) is 24.7 Å². The first-order valence-corrected chi connectivity index (χ1v) is 10.4. The average Bonchev–Trinajstić information content (AvgIpc) is 3.26. The molecule has 0 aliphatic rings. The fraction of sp³-hybridized carbons (Fsp3) is 0.400. The molecule has 9 heteroatoms. The SMILES string of the molecule is CC(C)n1nccc1NC(=O)CSc1nnc(-c2ccc(C(C)(C)C)cc2)n1N. The molecule has 0 unspecified atom stereocenters. The van der Waals surface area contributed by atoms with E-state index in [1.165, 1.54) is 22.0 Å². The maximum atomic E-state index is 12.3. The zero-order valence-corrected chi connectivity index (χ0v) is 18.2. The maximum absolute atomic E-state index is 12.3. The predicted octanol–water partition coefficient (Wildman–Crippen LogP) is 3.46. The molecule has 0 aliphatic heterocycles. The van der Waals surface area contributed by atoms with Crippen molar-refractivity contribution in [3.63, 3.8) is 0 Å². The second-order valence-corrected chi connectivity index (χ2v) is 9.04. The Bertz CT molecular complexity index is 983. The molecule has 1 amide bonds. The molecule has 1 aromatic carbocycles. The van der Waals surface area contributed by atoms with E-state index >= 15 is 0 Å². The van der Waals surface area contributed by atoms with Gasteiger partial charge in [0, 0.05) is 17.7 Å². The standard InChI is InChI=1S/C20H27N7OS/c1-13(2)27-16(10-11-22-27)23-17(28)12-29-19-25-24-18(26(19)21)14-6-8-15(9-7-14)20(3,4)5/h6-11,13H,12,21H2,1-5H3,(H,23,28). The lowest BCUT2D eigenvalue weighted by atomic mass is 9.87. The van der Waals surface area contributed by atoms with Crippen molar-refractivity contribution < 1.29 is 4.79 Å². The summed E-state index contributed by atoms with van der Waals surface area (Å²) in [6.07, 6.45) is 1.66. The second-order valence-electron chi connectivity index (χ2n) is 8.10. The molecule has 154 valence electrons. The molecule has 29 heavy (non-hydrogen) atoms. The largest absolute Gasteiger partial charge is 0.335 e. The summed E-state index contributed by atoms with van der Waals surface area (Å²) in [5.74, 6) is 7.41. The van der Waals surface area contributed by atoms with E-state index in [1.807, 2.05) is 26.0 Å². The van der Waals surface area contributed by atoms with Gasteiger partial charge in [-0.2, -0.15) is 5.10 Å². The van der Waals surface area contributed by atoms with Gasteiger partial charge >= 0.3 is 0 Å². The minimum absolute atomic E-state index is 0.0776. The number of amides is 1. The number of nitrogens with one attached hydrogen (secondary N) is 1. The van der Waals surface area contributed by atoms with Crippen LogP contribution >= 0.6 is 11.8 Å². The summed E-state index contributed by atoms with van der Waals surface area (Å²) in [5, 5.41) is 15.9. The highest BCUT2D eigenvalue weighted by atomic mass is 32.2. The van der Waals surface area contributed by atoms with Crippen LogP contribution in [-0.4, -0.2) is 36.3 Å². The number of nitrogens with zero attached hydrogens (tertiary/aromatic N) is 5. The monoisotopic (exact) mass is 413 g/mol. The maximum Gasteiger partial charge on any atom is 0.235 e. The smallest absolute Gasteiger partial charge is 0.235 e. The van der Waals surface area contributed by atoms with E-state index in [9.17, 15) is 4.79 Å². The summed E-state index contributed by atoms with van der Waals surface area (Å²) < 4.78 is 3.18. The van der Waals surface area contributed by atoms with Gasteiger partial charge in [-0.05, 0) is 24.8 Å². The molecule has 3 aromatic rings. The predicted molar refractivity (Wildman–Crippen MR) is 116 cm³/mol. The van der Waals surface area contributed by atoms with Crippen LogP contribution in [0.5, 0.6) is 0 Å². The number of benzene rings is 1. The third-order valence-electron chi connectivity index (χ3n) is 4.43. The van der Waals surface area contributed by atoms with Crippen LogP contribution in [0.1, 0.15) is 46.2 Å². The van der Waals surface area contributed by atoms with Gasteiger partial charge in [-0.1, -0.05) is 56.8 Å². The number of hydrogen-bond donors (Lipinski definition) is 2. The fourth-order valence-corrected chi connectivity index (χ4v) is 3.48. The number of hydrogen-bond acceptors (Lipinski definition) is 6. The molecule has 0 atom stereocenters. The van der Waals surface area contributed by atoms with Crippen LogP contribution in [0, 0.1) is 0 Å². The Balaban J connectivity index is 1.65. The van der Waals surface area contributed by atoms with Crippen LogP contribution in [-0.2, 0) is 10.2 Å². The summed E-state index contributed by atoms with van der Waals surface area (Å²) in [6, 6.07) is 10.1. The Morgan fingerprint density at radius 2 is 1.86 bits per heavy atom. The van der Waals surface area contributed by atoms with Crippen LogP contribution in [0.3, 0.4) is 0 Å². The quantitative estimate of drug-likeness (QED) is 0.474. The van der Waals surface area contributed by atoms with Gasteiger partial charge in [0.05, 0.1) is 11.9 Å². The summed E-state index contributed by atoms with van der Waals surface area (Å²) in [5.41, 5.74) is 2.19. The Hall–Kier alpha value is -2.81. The number of thioether (sulfide) groups is 1. The van der Waals surface area contributed by atoms with Crippen molar-refractivity contribution in [3.05, 3.63) is 42.1 Å². The summed E-state index contributed by atoms with van der Waals surface area (Å²) in [6.45, 7) is 10.5. The number of anilines is 1. The number of carbonyl (C=O) groups is 1. The fourth-order valence-electron chi connectivity index (χ4n) is 2.83. The molecule has 0 saturated heterocycles. The van der Waals surface area contributed by atoms with E-state index in [2.05, 4.69) is 53.5 Å². The average molecular weight is 414 g/mol. The summed E-state index contributed by atoms with van der Waals surface area (Å²) >= 11 is 1.24. The zero-order chi connectivity index (χ0) is 21.2. The summed E-state index contributed by atoms with van der Waals surface area (Å²) in [7, 11) is 0. The van der Waals surface area contributed by atoms with Crippen molar-refractivity contribution >= 4 is 23.5 Å². The topological polar surface area (TPSA) is 104 Å². The zero-order valence-electron chi connectivity index (χ0n) is 17.4. The van der Waals surface area contributed by atoms with E-state index in [-0.39, 0.29) is 23.1 Å². The lowest BCUT2D eigenvalue weighted by Gasteiger charge is -2.19. The van der Waals surface area contributed by atoms with Crippen LogP contribution in [0.4, 0.5) is 5.82 Å². The molecule has 3 N–H and O–H groups in total. The normalized spacial score (nSPS) is 11.8. The van der Waals surface area contributed by atoms with Crippen molar-refractivity contribution in [2.24, 2.45) is 0 Å². The van der Waals surface area contributed by atoms with Crippen molar-refractivity contribution in [1.29, 1.82) is 0 Å². The molecule has 2 heterocycles. The third kappa shape index (κ3) is 4.79. The highest BCUT2D eigenvalue weighted by molar-refractivity contribution is 7.99. The molecule has 0 aliphatic carbocycles. The van der Waals surface area contributed by atoms with Crippen molar-refractivity contribution in [3.8, 4) is 11.4 Å². The molecule has 0 bridgehead atoms. The second kappa shape index (κ2) is 8.28. The number of nitrogens with two attached hydrogens (primary N) is 1. The Labute approximate surface area is 174 Å². The molecule has 0 spiro atoms. The molecular formula is C20H27N7OS. The summed E-state index contributed by atoms with van der Waals surface area (Å²) in [4.78, 5) is 12.3. The van der Waals surface area contributed by atoms with Crippen molar-refractivity contribution in [2.75, 3.05) is 16.9 Å². The van der Waals surface area contributed by atoms with E-state index in [0.29, 0.717) is 16.8 Å². The molecule has 2 aromatic heterocycles. The first kappa shape index (κ1) is 20.9. The molecule has 0 saturated carbocycles. The molecule has 0 fully saturated rings.